The number of Topliss-reactive ketones (excluding diaryl/α,β-unsaturated/α-hetero) is 1. The van der Waals surface area contributed by atoms with Crippen molar-refractivity contribution in [1.82, 2.24) is 5.32 Å². The van der Waals surface area contributed by atoms with Crippen molar-refractivity contribution in [3.8, 4) is 17.2 Å². The monoisotopic (exact) mass is 343 g/mol. The van der Waals surface area contributed by atoms with Gasteiger partial charge in [0.25, 0.3) is 0 Å². The second-order valence-corrected chi connectivity index (χ2v) is 5.86. The average Bonchev–Trinajstić information content (AvgIpc) is 3.08. The van der Waals surface area contributed by atoms with Gasteiger partial charge in [-0.3, -0.25) is 4.79 Å². The van der Waals surface area contributed by atoms with Crippen LogP contribution in [0.1, 0.15) is 22.8 Å². The van der Waals surface area contributed by atoms with Gasteiger partial charge in [-0.05, 0) is 48.9 Å². The van der Waals surface area contributed by atoms with Crippen LogP contribution in [-0.2, 0) is 6.54 Å². The molecule has 0 bridgehead atoms. The smallest absolute Gasteiger partial charge is 0.231 e. The van der Waals surface area contributed by atoms with Crippen LogP contribution in [0.3, 0.4) is 0 Å². The highest BCUT2D eigenvalue weighted by Crippen LogP contribution is 2.32. The zero-order valence-electron chi connectivity index (χ0n) is 14.0. The van der Waals surface area contributed by atoms with E-state index in [1.165, 1.54) is 6.92 Å². The first-order valence-corrected chi connectivity index (χ1v) is 8.13. The summed E-state index contributed by atoms with van der Waals surface area (Å²) in [5.41, 5.74) is 1.69. The van der Waals surface area contributed by atoms with Crippen molar-refractivity contribution in [3.63, 3.8) is 0 Å². The fourth-order valence-electron chi connectivity index (χ4n) is 2.47. The molecule has 6 nitrogen and oxygen atoms in total. The number of ketones is 1. The van der Waals surface area contributed by atoms with Crippen LogP contribution in [0.15, 0.2) is 42.5 Å². The molecule has 3 rings (SSSR count). The summed E-state index contributed by atoms with van der Waals surface area (Å²) in [6.07, 6.45) is -0.638. The molecule has 0 saturated heterocycles. The van der Waals surface area contributed by atoms with E-state index in [0.717, 1.165) is 17.1 Å². The summed E-state index contributed by atoms with van der Waals surface area (Å²) in [6.45, 7) is 2.97. The lowest BCUT2D eigenvalue weighted by Crippen LogP contribution is -2.31. The van der Waals surface area contributed by atoms with Crippen molar-refractivity contribution >= 4 is 5.78 Å². The summed E-state index contributed by atoms with van der Waals surface area (Å²) in [7, 11) is 0. The van der Waals surface area contributed by atoms with E-state index in [1.54, 1.807) is 24.3 Å². The summed E-state index contributed by atoms with van der Waals surface area (Å²) < 4.78 is 16.1. The Kier molecular flexibility index (Phi) is 5.53. The third-order valence-electron chi connectivity index (χ3n) is 3.85. The Morgan fingerprint density at radius 2 is 1.96 bits per heavy atom. The van der Waals surface area contributed by atoms with E-state index < -0.39 is 6.10 Å². The minimum absolute atomic E-state index is 0.0132. The molecule has 0 aliphatic carbocycles. The van der Waals surface area contributed by atoms with Crippen molar-refractivity contribution in [1.29, 1.82) is 0 Å². The van der Waals surface area contributed by atoms with Gasteiger partial charge in [0.2, 0.25) is 6.79 Å². The molecule has 0 amide bonds. The van der Waals surface area contributed by atoms with Crippen LogP contribution in [0.2, 0.25) is 0 Å². The van der Waals surface area contributed by atoms with Gasteiger partial charge in [-0.1, -0.05) is 6.07 Å². The van der Waals surface area contributed by atoms with Crippen LogP contribution < -0.4 is 19.5 Å². The van der Waals surface area contributed by atoms with E-state index in [0.29, 0.717) is 24.4 Å². The molecule has 2 aromatic rings. The molecular formula is C19H21NO5. The summed E-state index contributed by atoms with van der Waals surface area (Å²) in [6, 6.07) is 12.6. The first-order valence-electron chi connectivity index (χ1n) is 8.13. The molecule has 0 radical (unpaired) electrons. The van der Waals surface area contributed by atoms with Crippen LogP contribution in [0, 0.1) is 0 Å². The number of aliphatic hydroxyl groups excluding tert-OH is 1. The lowest BCUT2D eigenvalue weighted by molar-refractivity contribution is 0.101. The Balaban J connectivity index is 1.39. The molecule has 0 aromatic heterocycles. The molecule has 1 atom stereocenters. The minimum Gasteiger partial charge on any atom is -0.491 e. The van der Waals surface area contributed by atoms with Crippen molar-refractivity contribution in [2.75, 3.05) is 19.9 Å². The second kappa shape index (κ2) is 8.00. The van der Waals surface area contributed by atoms with Gasteiger partial charge in [-0.2, -0.15) is 0 Å². The molecule has 0 fully saturated rings. The molecule has 0 spiro atoms. The molecule has 1 heterocycles. The number of rotatable bonds is 8. The number of hydrogen-bond acceptors (Lipinski definition) is 6. The Labute approximate surface area is 146 Å². The van der Waals surface area contributed by atoms with Crippen molar-refractivity contribution in [2.45, 2.75) is 19.6 Å². The molecule has 0 saturated carbocycles. The Morgan fingerprint density at radius 3 is 2.72 bits per heavy atom. The van der Waals surface area contributed by atoms with E-state index in [9.17, 15) is 9.90 Å². The molecule has 6 heteroatoms. The van der Waals surface area contributed by atoms with Crippen molar-refractivity contribution in [2.24, 2.45) is 0 Å². The molecule has 1 aliphatic rings. The summed E-state index contributed by atoms with van der Waals surface area (Å²) >= 11 is 0. The second-order valence-electron chi connectivity index (χ2n) is 5.86. The number of aliphatic hydroxyl groups is 1. The molecule has 25 heavy (non-hydrogen) atoms. The number of ether oxygens (including phenoxy) is 3. The highest BCUT2D eigenvalue weighted by molar-refractivity contribution is 5.94. The predicted octanol–water partition coefficient (Wildman–Crippen LogP) is 2.15. The van der Waals surface area contributed by atoms with Gasteiger partial charge in [-0.25, -0.2) is 0 Å². The van der Waals surface area contributed by atoms with Gasteiger partial charge in [0.1, 0.15) is 18.5 Å². The van der Waals surface area contributed by atoms with Crippen molar-refractivity contribution in [3.05, 3.63) is 53.6 Å². The number of nitrogens with one attached hydrogen (secondary N) is 1. The number of fused-ring (bicyclic) bond motifs is 1. The van der Waals surface area contributed by atoms with Crippen LogP contribution in [0.25, 0.3) is 0 Å². The average molecular weight is 343 g/mol. The van der Waals surface area contributed by atoms with Crippen LogP contribution in [0.4, 0.5) is 0 Å². The lowest BCUT2D eigenvalue weighted by Gasteiger charge is -2.13. The first kappa shape index (κ1) is 17.3. The van der Waals surface area contributed by atoms with Crippen molar-refractivity contribution < 1.29 is 24.1 Å². The molecule has 2 aromatic carbocycles. The van der Waals surface area contributed by atoms with E-state index in [2.05, 4.69) is 5.32 Å². The summed E-state index contributed by atoms with van der Waals surface area (Å²) in [5, 5.41) is 13.2. The minimum atomic E-state index is -0.638. The highest BCUT2D eigenvalue weighted by atomic mass is 16.7. The van der Waals surface area contributed by atoms with E-state index in [-0.39, 0.29) is 19.2 Å². The molecule has 1 aliphatic heterocycles. The standard InChI is InChI=1S/C19H21NO5/c1-13(21)15-3-5-17(6-4-15)23-11-16(22)10-20-9-14-2-7-18-19(8-14)25-12-24-18/h2-8,16,20,22H,9-12H2,1H3. The fourth-order valence-corrected chi connectivity index (χ4v) is 2.47. The van der Waals surface area contributed by atoms with Gasteiger partial charge < -0.3 is 24.6 Å². The van der Waals surface area contributed by atoms with E-state index >= 15 is 0 Å². The van der Waals surface area contributed by atoms with Gasteiger partial charge in [0, 0.05) is 18.7 Å². The molecule has 2 N–H and O–H groups in total. The van der Waals surface area contributed by atoms with Crippen LogP contribution in [0.5, 0.6) is 17.2 Å². The third-order valence-corrected chi connectivity index (χ3v) is 3.85. The zero-order valence-corrected chi connectivity index (χ0v) is 14.0. The number of benzene rings is 2. The quantitative estimate of drug-likeness (QED) is 0.715. The number of carbonyl (C=O) groups is 1. The molecular weight excluding hydrogens is 322 g/mol. The lowest BCUT2D eigenvalue weighted by atomic mass is 10.1. The predicted molar refractivity (Wildman–Crippen MR) is 92.2 cm³/mol. The maximum Gasteiger partial charge on any atom is 0.231 e. The third kappa shape index (κ3) is 4.71. The normalized spacial score (nSPS) is 13.5. The molecule has 132 valence electrons. The van der Waals surface area contributed by atoms with Gasteiger partial charge >= 0.3 is 0 Å². The van der Waals surface area contributed by atoms with Gasteiger partial charge in [0.15, 0.2) is 17.3 Å². The Hall–Kier alpha value is -2.57. The number of carbonyl (C=O) groups excluding carboxylic acids is 1. The van der Waals surface area contributed by atoms with Crippen LogP contribution >= 0.6 is 0 Å². The SMILES string of the molecule is CC(=O)c1ccc(OCC(O)CNCc2ccc3c(c2)OCO3)cc1. The van der Waals surface area contributed by atoms with Gasteiger partial charge in [0.05, 0.1) is 0 Å². The summed E-state index contributed by atoms with van der Waals surface area (Å²) in [4.78, 5) is 11.2. The van der Waals surface area contributed by atoms with Crippen LogP contribution in [-0.4, -0.2) is 36.9 Å². The maximum absolute atomic E-state index is 11.2. The largest absolute Gasteiger partial charge is 0.491 e. The number of hydrogen-bond donors (Lipinski definition) is 2. The van der Waals surface area contributed by atoms with Gasteiger partial charge in [-0.15, -0.1) is 0 Å². The topological polar surface area (TPSA) is 77.0 Å². The molecule has 1 unspecified atom stereocenters. The fraction of sp³-hybridized carbons (Fsp3) is 0.316. The zero-order chi connectivity index (χ0) is 17.6. The Bertz CT molecular complexity index is 729. The maximum atomic E-state index is 11.2. The Morgan fingerprint density at radius 1 is 1.20 bits per heavy atom. The van der Waals surface area contributed by atoms with E-state index in [4.69, 9.17) is 14.2 Å². The highest BCUT2D eigenvalue weighted by Gasteiger charge is 2.13. The van der Waals surface area contributed by atoms with E-state index in [1.807, 2.05) is 18.2 Å². The summed E-state index contributed by atoms with van der Waals surface area (Å²) in [5.74, 6) is 2.14. The first-order chi connectivity index (χ1) is 12.1.